The van der Waals surface area contributed by atoms with Crippen molar-refractivity contribution in [2.75, 3.05) is 0 Å². The first-order valence-electron chi connectivity index (χ1n) is 5.11. The van der Waals surface area contributed by atoms with Gasteiger partial charge in [-0.3, -0.25) is 0 Å². The van der Waals surface area contributed by atoms with Crippen LogP contribution in [0.5, 0.6) is 0 Å². The molecular formula is C11H19NO. The minimum atomic E-state index is -0.172. The zero-order chi connectivity index (χ0) is 9.68. The molecule has 13 heavy (non-hydrogen) atoms. The maximum atomic E-state index is 9.67. The average Bonchev–Trinajstić information content (AvgIpc) is 2.09. The molecule has 3 atom stereocenters. The molecule has 1 saturated carbocycles. The molecule has 0 radical (unpaired) electrons. The molecule has 0 aromatic carbocycles. The second kappa shape index (κ2) is 5.26. The molecule has 1 fully saturated rings. The predicted octanol–water partition coefficient (Wildman–Crippen LogP) is 1.29. The Morgan fingerprint density at radius 3 is 2.85 bits per heavy atom. The molecule has 0 bridgehead atoms. The van der Waals surface area contributed by atoms with E-state index in [0.29, 0.717) is 6.04 Å². The minimum absolute atomic E-state index is 0.172. The van der Waals surface area contributed by atoms with E-state index >= 15 is 0 Å². The Kier molecular flexibility index (Phi) is 4.27. The van der Waals surface area contributed by atoms with Crippen LogP contribution in [0.1, 0.15) is 39.0 Å². The molecule has 74 valence electrons. The van der Waals surface area contributed by atoms with E-state index in [-0.39, 0.29) is 12.1 Å². The van der Waals surface area contributed by atoms with E-state index in [0.717, 1.165) is 25.7 Å². The molecule has 2 N–H and O–H groups in total. The highest BCUT2D eigenvalue weighted by Crippen LogP contribution is 2.18. The second-order valence-electron chi connectivity index (χ2n) is 3.93. The van der Waals surface area contributed by atoms with E-state index in [1.165, 1.54) is 6.42 Å². The first-order valence-corrected chi connectivity index (χ1v) is 5.11. The molecule has 1 unspecified atom stereocenters. The van der Waals surface area contributed by atoms with E-state index in [2.05, 4.69) is 18.2 Å². The third-order valence-corrected chi connectivity index (χ3v) is 2.65. The maximum absolute atomic E-state index is 9.67. The van der Waals surface area contributed by atoms with Crippen molar-refractivity contribution >= 4 is 0 Å². The predicted molar refractivity (Wildman–Crippen MR) is 54.3 cm³/mol. The first kappa shape index (κ1) is 10.6. The van der Waals surface area contributed by atoms with Crippen LogP contribution in [0.15, 0.2) is 0 Å². The molecule has 0 heterocycles. The van der Waals surface area contributed by atoms with Crippen LogP contribution in [0.2, 0.25) is 0 Å². The van der Waals surface area contributed by atoms with Gasteiger partial charge in [-0.15, -0.1) is 12.3 Å². The van der Waals surface area contributed by atoms with Gasteiger partial charge in [0, 0.05) is 18.5 Å². The standard InChI is InChI=1S/C11H19NO/c1-3-6-9(2)12-10-7-4-5-8-11(10)13/h1,9-13H,4-8H2,2H3/t9?,10-,11-/m1/s1. The van der Waals surface area contributed by atoms with Gasteiger partial charge in [0.25, 0.3) is 0 Å². The Bertz CT molecular complexity index is 185. The van der Waals surface area contributed by atoms with Gasteiger partial charge in [-0.1, -0.05) is 12.8 Å². The number of hydrogen-bond donors (Lipinski definition) is 2. The normalized spacial score (nSPS) is 30.8. The summed E-state index contributed by atoms with van der Waals surface area (Å²) in [6, 6.07) is 0.583. The number of hydrogen-bond acceptors (Lipinski definition) is 2. The third-order valence-electron chi connectivity index (χ3n) is 2.65. The van der Waals surface area contributed by atoms with Crippen LogP contribution in [0.3, 0.4) is 0 Å². The third kappa shape index (κ3) is 3.38. The lowest BCUT2D eigenvalue weighted by Crippen LogP contribution is -2.45. The van der Waals surface area contributed by atoms with E-state index < -0.39 is 0 Å². The summed E-state index contributed by atoms with van der Waals surface area (Å²) in [4.78, 5) is 0. The molecule has 2 heteroatoms. The van der Waals surface area contributed by atoms with Crippen molar-refractivity contribution in [1.29, 1.82) is 0 Å². The molecular weight excluding hydrogens is 162 g/mol. The minimum Gasteiger partial charge on any atom is -0.392 e. The summed E-state index contributed by atoms with van der Waals surface area (Å²) in [6.07, 6.45) is 10.2. The molecule has 0 aliphatic heterocycles. The number of rotatable bonds is 3. The van der Waals surface area contributed by atoms with Crippen LogP contribution in [0.4, 0.5) is 0 Å². The Labute approximate surface area is 80.7 Å². The van der Waals surface area contributed by atoms with Crippen LogP contribution in [-0.4, -0.2) is 23.3 Å². The Balaban J connectivity index is 2.30. The van der Waals surface area contributed by atoms with Crippen molar-refractivity contribution < 1.29 is 5.11 Å². The fourth-order valence-electron chi connectivity index (χ4n) is 1.91. The first-order chi connectivity index (χ1) is 6.24. The van der Waals surface area contributed by atoms with Crippen LogP contribution >= 0.6 is 0 Å². The highest BCUT2D eigenvalue weighted by atomic mass is 16.3. The Morgan fingerprint density at radius 1 is 1.54 bits per heavy atom. The van der Waals surface area contributed by atoms with Gasteiger partial charge < -0.3 is 10.4 Å². The zero-order valence-corrected chi connectivity index (χ0v) is 8.29. The van der Waals surface area contributed by atoms with Crippen molar-refractivity contribution in [3.8, 4) is 12.3 Å². The van der Waals surface area contributed by atoms with Gasteiger partial charge in [0.15, 0.2) is 0 Å². The van der Waals surface area contributed by atoms with E-state index in [9.17, 15) is 5.11 Å². The van der Waals surface area contributed by atoms with Gasteiger partial charge in [-0.05, 0) is 19.8 Å². The molecule has 1 aliphatic rings. The highest BCUT2D eigenvalue weighted by molar-refractivity contribution is 4.90. The van der Waals surface area contributed by atoms with E-state index in [4.69, 9.17) is 6.42 Å². The highest BCUT2D eigenvalue weighted by Gasteiger charge is 2.23. The van der Waals surface area contributed by atoms with E-state index in [1.54, 1.807) is 0 Å². The molecule has 0 spiro atoms. The summed E-state index contributed by atoms with van der Waals surface area (Å²) in [6.45, 7) is 2.07. The van der Waals surface area contributed by atoms with E-state index in [1.807, 2.05) is 0 Å². The van der Waals surface area contributed by atoms with Crippen LogP contribution in [0, 0.1) is 12.3 Å². The van der Waals surface area contributed by atoms with Gasteiger partial charge in [0.1, 0.15) is 0 Å². The molecule has 1 rings (SSSR count). The van der Waals surface area contributed by atoms with Crippen molar-refractivity contribution in [1.82, 2.24) is 5.32 Å². The van der Waals surface area contributed by atoms with Crippen molar-refractivity contribution in [3.63, 3.8) is 0 Å². The number of nitrogens with one attached hydrogen (secondary N) is 1. The number of terminal acetylenes is 1. The van der Waals surface area contributed by atoms with Gasteiger partial charge in [0.05, 0.1) is 6.10 Å². The Hall–Kier alpha value is -0.520. The topological polar surface area (TPSA) is 32.3 Å². The molecule has 0 amide bonds. The van der Waals surface area contributed by atoms with Crippen LogP contribution < -0.4 is 5.32 Å². The summed E-state index contributed by atoms with van der Waals surface area (Å²) >= 11 is 0. The van der Waals surface area contributed by atoms with Gasteiger partial charge >= 0.3 is 0 Å². The fraction of sp³-hybridized carbons (Fsp3) is 0.818. The average molecular weight is 181 g/mol. The lowest BCUT2D eigenvalue weighted by molar-refractivity contribution is 0.0863. The van der Waals surface area contributed by atoms with Crippen molar-refractivity contribution in [2.45, 2.75) is 57.2 Å². The lowest BCUT2D eigenvalue weighted by Gasteiger charge is -2.30. The lowest BCUT2D eigenvalue weighted by atomic mass is 9.92. The molecule has 1 aliphatic carbocycles. The number of aliphatic hydroxyl groups is 1. The Morgan fingerprint density at radius 2 is 2.23 bits per heavy atom. The zero-order valence-electron chi connectivity index (χ0n) is 8.29. The molecule has 2 nitrogen and oxygen atoms in total. The summed E-state index contributed by atoms with van der Waals surface area (Å²) in [7, 11) is 0. The summed E-state index contributed by atoms with van der Waals surface area (Å²) in [5.41, 5.74) is 0. The van der Waals surface area contributed by atoms with Gasteiger partial charge in [0.2, 0.25) is 0 Å². The SMILES string of the molecule is C#CCC(C)N[C@@H]1CCCC[C@H]1O. The largest absolute Gasteiger partial charge is 0.392 e. The molecule has 0 saturated heterocycles. The summed E-state index contributed by atoms with van der Waals surface area (Å²) in [5.74, 6) is 2.63. The quantitative estimate of drug-likeness (QED) is 0.643. The van der Waals surface area contributed by atoms with Gasteiger partial charge in [-0.2, -0.15) is 0 Å². The monoisotopic (exact) mass is 181 g/mol. The van der Waals surface area contributed by atoms with Crippen molar-refractivity contribution in [2.24, 2.45) is 0 Å². The van der Waals surface area contributed by atoms with Crippen LogP contribution in [0.25, 0.3) is 0 Å². The molecule has 0 aromatic heterocycles. The number of aliphatic hydroxyl groups excluding tert-OH is 1. The fourth-order valence-corrected chi connectivity index (χ4v) is 1.91. The molecule has 0 aromatic rings. The summed E-state index contributed by atoms with van der Waals surface area (Å²) in [5, 5.41) is 13.0. The second-order valence-corrected chi connectivity index (χ2v) is 3.93. The van der Waals surface area contributed by atoms with Gasteiger partial charge in [-0.25, -0.2) is 0 Å². The maximum Gasteiger partial charge on any atom is 0.0693 e. The summed E-state index contributed by atoms with van der Waals surface area (Å²) < 4.78 is 0. The van der Waals surface area contributed by atoms with Crippen molar-refractivity contribution in [3.05, 3.63) is 0 Å². The smallest absolute Gasteiger partial charge is 0.0693 e. The van der Waals surface area contributed by atoms with Crippen LogP contribution in [-0.2, 0) is 0 Å².